The Balaban J connectivity index is 0.000000217. The zero-order valence-electron chi connectivity index (χ0n) is 47.1. The van der Waals surface area contributed by atoms with E-state index in [0.29, 0.717) is 16.7 Å². The van der Waals surface area contributed by atoms with Crippen LogP contribution in [-0.4, -0.2) is 52.3 Å². The topological polar surface area (TPSA) is 127 Å². The number of benzene rings is 6. The van der Waals surface area contributed by atoms with Crippen molar-refractivity contribution in [2.75, 3.05) is 45.0 Å². The molecule has 0 bridgehead atoms. The van der Waals surface area contributed by atoms with E-state index in [4.69, 9.17) is 0 Å². The Morgan fingerprint density at radius 2 is 0.803 bits per heavy atom. The number of halogens is 3. The molecule has 0 unspecified atom stereocenters. The molecule has 6 aromatic carbocycles. The highest BCUT2D eigenvalue weighted by Gasteiger charge is 2.34. The lowest BCUT2D eigenvalue weighted by molar-refractivity contribution is -0.138. The van der Waals surface area contributed by atoms with Gasteiger partial charge in [-0.3, -0.25) is 19.3 Å². The number of piperidine rings is 1. The summed E-state index contributed by atoms with van der Waals surface area (Å²) in [6.45, 7) is 30.6. The third-order valence-electron chi connectivity index (χ3n) is 12.1. The van der Waals surface area contributed by atoms with Crippen LogP contribution in [0.1, 0.15) is 152 Å². The number of hydrogen-bond donors (Lipinski definition) is 6. The number of anilines is 6. The Labute approximate surface area is 450 Å². The van der Waals surface area contributed by atoms with E-state index in [0.717, 1.165) is 94.7 Å². The van der Waals surface area contributed by atoms with Crippen LogP contribution in [0.2, 0.25) is 0 Å². The fourth-order valence-corrected chi connectivity index (χ4v) is 8.38. The largest absolute Gasteiger partial charge is 0.416 e. The second-order valence-electron chi connectivity index (χ2n) is 23.0. The molecule has 76 heavy (non-hydrogen) atoms. The first-order valence-corrected chi connectivity index (χ1v) is 26.1. The number of carbonyl (C=O) groups excluding carboxylic acids is 3. The van der Waals surface area contributed by atoms with Crippen LogP contribution in [0, 0.1) is 34.6 Å². The zero-order valence-corrected chi connectivity index (χ0v) is 47.1. The van der Waals surface area contributed by atoms with Gasteiger partial charge in [0.1, 0.15) is 0 Å². The minimum atomic E-state index is -4.49. The highest BCUT2D eigenvalue weighted by Crippen LogP contribution is 2.35. The predicted molar refractivity (Wildman–Crippen MR) is 310 cm³/mol. The van der Waals surface area contributed by atoms with Gasteiger partial charge in [-0.1, -0.05) is 55.0 Å². The molecule has 0 radical (unpaired) electrons. The molecular weight excluding hydrogens is 960 g/mol. The van der Waals surface area contributed by atoms with Gasteiger partial charge in [-0.2, -0.15) is 13.2 Å². The number of rotatable bonds is 11. The number of hydrogen-bond acceptors (Lipinski definition) is 7. The summed E-state index contributed by atoms with van der Waals surface area (Å²) < 4.78 is 41.3. The molecule has 406 valence electrons. The average Bonchev–Trinajstić information content (AvgIpc) is 3.31. The van der Waals surface area contributed by atoms with E-state index >= 15 is 0 Å². The van der Waals surface area contributed by atoms with Crippen LogP contribution >= 0.6 is 0 Å². The molecule has 1 aliphatic heterocycles. The molecular formula is C63H80F3N7O3. The second kappa shape index (κ2) is 25.6. The summed E-state index contributed by atoms with van der Waals surface area (Å²) in [7, 11) is 0. The van der Waals surface area contributed by atoms with Crippen molar-refractivity contribution in [1.29, 1.82) is 0 Å². The normalized spacial score (nSPS) is 13.0. The van der Waals surface area contributed by atoms with E-state index in [1.807, 2.05) is 146 Å². The van der Waals surface area contributed by atoms with E-state index in [1.54, 1.807) is 18.2 Å². The fraction of sp³-hybridized carbons (Fsp3) is 0.381. The summed E-state index contributed by atoms with van der Waals surface area (Å²) in [5.41, 5.74) is 11.0. The molecule has 6 aromatic rings. The number of amides is 3. The predicted octanol–water partition coefficient (Wildman–Crippen LogP) is 16.0. The Bertz CT molecular complexity index is 2840. The molecule has 1 saturated heterocycles. The van der Waals surface area contributed by atoms with E-state index in [9.17, 15) is 27.6 Å². The molecule has 0 aliphatic carbocycles. The Hall–Kier alpha value is -7.12. The van der Waals surface area contributed by atoms with Gasteiger partial charge in [0, 0.05) is 74.0 Å². The van der Waals surface area contributed by atoms with Crippen LogP contribution in [0.5, 0.6) is 0 Å². The molecule has 0 saturated carbocycles. The van der Waals surface area contributed by atoms with Crippen molar-refractivity contribution >= 4 is 51.8 Å². The standard InChI is InChI=1S/C25H32F3N3O.2C19H24N2O/c1-17-8-9-18(14-22(17)30-24(2,3)4)23(32)29-20-11-10-19(21(15-20)25(26,27)28)16-31-12-6-5-7-13-31;2*1-13-7-6-8-16(11-13)20-18(22)15-10-9-14(2)17(12-15)21-19(3,4)5/h8-11,14-15,30H,5-7,12-13,16H2,1-4H3,(H,29,32);2*6-12,21H,1-5H3,(H,20,22). The van der Waals surface area contributed by atoms with Gasteiger partial charge in [0.05, 0.1) is 5.56 Å². The van der Waals surface area contributed by atoms with Crippen LogP contribution in [0.15, 0.2) is 121 Å². The van der Waals surface area contributed by atoms with E-state index in [-0.39, 0.29) is 46.2 Å². The lowest BCUT2D eigenvalue weighted by Gasteiger charge is -2.27. The molecule has 0 aromatic heterocycles. The summed E-state index contributed by atoms with van der Waals surface area (Å²) in [5.74, 6) is -0.635. The first-order valence-electron chi connectivity index (χ1n) is 26.1. The molecule has 10 nitrogen and oxygen atoms in total. The monoisotopic (exact) mass is 1040 g/mol. The summed E-state index contributed by atoms with van der Waals surface area (Å²) in [6.07, 6.45) is -1.34. The smallest absolute Gasteiger partial charge is 0.380 e. The van der Waals surface area contributed by atoms with Crippen molar-refractivity contribution in [3.8, 4) is 0 Å². The SMILES string of the molecule is Cc1ccc(C(=O)Nc2ccc(CN3CCCCC3)c(C(F)(F)F)c2)cc1NC(C)(C)C.Cc1cccc(NC(=O)c2ccc(C)c(NC(C)(C)C)c2)c1.Cc1cccc(NC(=O)c2ccc(C)c(NC(C)(C)C)c2)c1. The number of nitrogens with one attached hydrogen (secondary N) is 6. The van der Waals surface area contributed by atoms with Gasteiger partial charge >= 0.3 is 6.18 Å². The van der Waals surface area contributed by atoms with Crippen LogP contribution in [0.25, 0.3) is 0 Å². The number of aryl methyl sites for hydroxylation is 5. The van der Waals surface area contributed by atoms with Crippen molar-refractivity contribution in [3.63, 3.8) is 0 Å². The minimum Gasteiger partial charge on any atom is -0.380 e. The van der Waals surface area contributed by atoms with Gasteiger partial charge in [-0.05, 0) is 229 Å². The maximum atomic E-state index is 13.8. The van der Waals surface area contributed by atoms with E-state index < -0.39 is 17.6 Å². The van der Waals surface area contributed by atoms with E-state index in [1.165, 1.54) is 6.07 Å². The van der Waals surface area contributed by atoms with Gasteiger partial charge in [-0.15, -0.1) is 0 Å². The summed E-state index contributed by atoms with van der Waals surface area (Å²) in [6, 6.07) is 36.4. The van der Waals surface area contributed by atoms with Gasteiger partial charge < -0.3 is 31.9 Å². The van der Waals surface area contributed by atoms with Gasteiger partial charge in [0.2, 0.25) is 0 Å². The molecule has 13 heteroatoms. The van der Waals surface area contributed by atoms with Crippen molar-refractivity contribution in [1.82, 2.24) is 4.90 Å². The van der Waals surface area contributed by atoms with Crippen LogP contribution in [0.3, 0.4) is 0 Å². The van der Waals surface area contributed by atoms with Crippen LogP contribution in [0.4, 0.5) is 47.3 Å². The van der Waals surface area contributed by atoms with Crippen molar-refractivity contribution in [3.05, 3.63) is 177 Å². The third kappa shape index (κ3) is 19.5. The van der Waals surface area contributed by atoms with Crippen LogP contribution < -0.4 is 31.9 Å². The number of alkyl halides is 3. The minimum absolute atomic E-state index is 0.0452. The number of likely N-dealkylation sites (tertiary alicyclic amines) is 1. The highest BCUT2D eigenvalue weighted by molar-refractivity contribution is 6.06. The maximum absolute atomic E-state index is 13.8. The van der Waals surface area contributed by atoms with Crippen molar-refractivity contribution in [2.24, 2.45) is 0 Å². The third-order valence-corrected chi connectivity index (χ3v) is 12.1. The molecule has 3 amide bonds. The Kier molecular flexibility index (Phi) is 20.1. The van der Waals surface area contributed by atoms with Crippen LogP contribution in [-0.2, 0) is 12.7 Å². The average molecular weight is 1040 g/mol. The lowest BCUT2D eigenvalue weighted by atomic mass is 10.0. The Morgan fingerprint density at radius 1 is 0.447 bits per heavy atom. The zero-order chi connectivity index (χ0) is 56.2. The van der Waals surface area contributed by atoms with Gasteiger partial charge in [-0.25, -0.2) is 0 Å². The summed E-state index contributed by atoms with van der Waals surface area (Å²) in [4.78, 5) is 39.7. The maximum Gasteiger partial charge on any atom is 0.416 e. The molecule has 0 atom stereocenters. The molecule has 0 spiro atoms. The van der Waals surface area contributed by atoms with Gasteiger partial charge in [0.25, 0.3) is 17.7 Å². The molecule has 1 fully saturated rings. The summed E-state index contributed by atoms with van der Waals surface area (Å²) >= 11 is 0. The molecule has 1 heterocycles. The van der Waals surface area contributed by atoms with E-state index in [2.05, 4.69) is 78.3 Å². The fourth-order valence-electron chi connectivity index (χ4n) is 8.38. The first-order chi connectivity index (χ1) is 35.4. The molecule has 1 aliphatic rings. The lowest BCUT2D eigenvalue weighted by Crippen LogP contribution is -2.30. The van der Waals surface area contributed by atoms with Gasteiger partial charge in [0.15, 0.2) is 0 Å². The van der Waals surface area contributed by atoms with Crippen molar-refractivity contribution in [2.45, 2.75) is 146 Å². The number of nitrogens with zero attached hydrogens (tertiary/aromatic N) is 1. The first kappa shape index (κ1) is 59.8. The quantitative estimate of drug-likeness (QED) is 0.0763. The number of carbonyl (C=O) groups is 3. The highest BCUT2D eigenvalue weighted by atomic mass is 19.4. The summed E-state index contributed by atoms with van der Waals surface area (Å²) in [5, 5.41) is 18.7. The Morgan fingerprint density at radius 3 is 1.13 bits per heavy atom. The second-order valence-corrected chi connectivity index (χ2v) is 23.0. The molecule has 6 N–H and O–H groups in total. The van der Waals surface area contributed by atoms with Crippen molar-refractivity contribution < 1.29 is 27.6 Å². The molecule has 7 rings (SSSR count).